The second kappa shape index (κ2) is 10.2. The van der Waals surface area contributed by atoms with E-state index in [1.807, 2.05) is 0 Å². The van der Waals surface area contributed by atoms with Gasteiger partial charge in [-0.05, 0) is 57.1 Å². The normalized spacial score (nSPS) is 16.6. The fraction of sp³-hybridized carbons (Fsp3) is 0.611. The van der Waals surface area contributed by atoms with Crippen molar-refractivity contribution in [3.05, 3.63) is 23.8 Å². The first-order valence-electron chi connectivity index (χ1n) is 8.76. The van der Waals surface area contributed by atoms with Crippen molar-refractivity contribution in [2.24, 2.45) is 10.9 Å². The Balaban J connectivity index is 1.90. The topological polar surface area (TPSA) is 58.1 Å². The predicted octanol–water partition coefficient (Wildman–Crippen LogP) is 2.30. The van der Waals surface area contributed by atoms with E-state index in [-0.39, 0.29) is 5.75 Å². The summed E-state index contributed by atoms with van der Waals surface area (Å²) in [6.45, 7) is 0.481. The van der Waals surface area contributed by atoms with Crippen LogP contribution in [0.5, 0.6) is 11.5 Å². The molecule has 0 amide bonds. The van der Waals surface area contributed by atoms with Crippen LogP contribution in [0.15, 0.2) is 23.2 Å². The minimum absolute atomic E-state index is 0.124. The maximum Gasteiger partial charge on any atom is 0.387 e. The molecule has 0 saturated carbocycles. The lowest BCUT2D eigenvalue weighted by Crippen LogP contribution is -2.42. The number of nitrogens with zero attached hydrogens (tertiary/aromatic N) is 2. The van der Waals surface area contributed by atoms with E-state index in [0.29, 0.717) is 29.7 Å². The molecule has 0 aliphatic carbocycles. The molecule has 1 heterocycles. The lowest BCUT2D eigenvalue weighted by atomic mass is 9.97. The number of benzene rings is 1. The van der Waals surface area contributed by atoms with Crippen LogP contribution >= 0.6 is 0 Å². The van der Waals surface area contributed by atoms with Crippen molar-refractivity contribution < 1.29 is 18.3 Å². The molecule has 26 heavy (non-hydrogen) atoms. The van der Waals surface area contributed by atoms with Gasteiger partial charge >= 0.3 is 6.61 Å². The molecule has 6 nitrogen and oxygen atoms in total. The second-order valence-corrected chi connectivity index (χ2v) is 6.41. The quantitative estimate of drug-likeness (QED) is 0.570. The van der Waals surface area contributed by atoms with Crippen LogP contribution in [0, 0.1) is 5.92 Å². The maximum absolute atomic E-state index is 12.6. The number of likely N-dealkylation sites (tertiary alicyclic amines) is 1. The number of guanidine groups is 1. The SMILES string of the molecule is CN=C(NCc1cc(OC)ccc1OC(F)F)NCC1CCN(C)CC1. The summed E-state index contributed by atoms with van der Waals surface area (Å²) in [6.07, 6.45) is 2.31. The van der Waals surface area contributed by atoms with Crippen molar-refractivity contribution in [1.29, 1.82) is 0 Å². The first kappa shape index (κ1) is 20.2. The van der Waals surface area contributed by atoms with E-state index in [2.05, 4.69) is 32.3 Å². The summed E-state index contributed by atoms with van der Waals surface area (Å²) in [7, 11) is 5.35. The van der Waals surface area contributed by atoms with Gasteiger partial charge in [0.2, 0.25) is 0 Å². The van der Waals surface area contributed by atoms with Crippen LogP contribution in [0.3, 0.4) is 0 Å². The molecule has 1 aliphatic heterocycles. The van der Waals surface area contributed by atoms with Crippen LogP contribution in [0.4, 0.5) is 8.78 Å². The molecular formula is C18H28F2N4O2. The molecule has 0 aromatic heterocycles. The number of halogens is 2. The third-order valence-corrected chi connectivity index (χ3v) is 4.55. The van der Waals surface area contributed by atoms with Gasteiger partial charge in [0, 0.05) is 25.7 Å². The molecular weight excluding hydrogens is 342 g/mol. The number of alkyl halides is 2. The van der Waals surface area contributed by atoms with Crippen molar-refractivity contribution in [1.82, 2.24) is 15.5 Å². The lowest BCUT2D eigenvalue weighted by molar-refractivity contribution is -0.0504. The van der Waals surface area contributed by atoms with Crippen LogP contribution in [-0.4, -0.2) is 58.3 Å². The summed E-state index contributed by atoms with van der Waals surface area (Å²) in [4.78, 5) is 6.53. The highest BCUT2D eigenvalue weighted by atomic mass is 19.3. The molecule has 1 aliphatic rings. The zero-order valence-corrected chi connectivity index (χ0v) is 15.6. The fourth-order valence-corrected chi connectivity index (χ4v) is 2.94. The van der Waals surface area contributed by atoms with Crippen LogP contribution in [0.2, 0.25) is 0 Å². The fourth-order valence-electron chi connectivity index (χ4n) is 2.94. The molecule has 0 bridgehead atoms. The Kier molecular flexibility index (Phi) is 7.90. The summed E-state index contributed by atoms with van der Waals surface area (Å²) >= 11 is 0. The molecule has 2 rings (SSSR count). The molecule has 2 N–H and O–H groups in total. The Labute approximate surface area is 153 Å². The van der Waals surface area contributed by atoms with Gasteiger partial charge in [0.1, 0.15) is 11.5 Å². The maximum atomic E-state index is 12.6. The number of rotatable bonds is 7. The number of nitrogens with one attached hydrogen (secondary N) is 2. The predicted molar refractivity (Wildman–Crippen MR) is 98.0 cm³/mol. The van der Waals surface area contributed by atoms with E-state index in [1.165, 1.54) is 13.2 Å². The first-order valence-corrected chi connectivity index (χ1v) is 8.76. The summed E-state index contributed by atoms with van der Waals surface area (Å²) in [6, 6.07) is 4.75. The number of aliphatic imine (C=N–C) groups is 1. The van der Waals surface area contributed by atoms with Gasteiger partial charge < -0.3 is 25.0 Å². The Bertz CT molecular complexity index is 591. The van der Waals surface area contributed by atoms with Crippen molar-refractivity contribution in [2.45, 2.75) is 26.0 Å². The molecule has 0 atom stereocenters. The zero-order valence-electron chi connectivity index (χ0n) is 15.6. The zero-order chi connectivity index (χ0) is 18.9. The Morgan fingerprint density at radius 2 is 2.04 bits per heavy atom. The molecule has 1 aromatic rings. The smallest absolute Gasteiger partial charge is 0.387 e. The van der Waals surface area contributed by atoms with E-state index in [4.69, 9.17) is 4.74 Å². The average Bonchev–Trinajstić information content (AvgIpc) is 2.64. The average molecular weight is 370 g/mol. The van der Waals surface area contributed by atoms with Gasteiger partial charge in [0.25, 0.3) is 0 Å². The number of ether oxygens (including phenoxy) is 2. The Morgan fingerprint density at radius 3 is 2.65 bits per heavy atom. The molecule has 8 heteroatoms. The van der Waals surface area contributed by atoms with E-state index < -0.39 is 6.61 Å². The minimum atomic E-state index is -2.87. The summed E-state index contributed by atoms with van der Waals surface area (Å²) in [5.74, 6) is 1.95. The Morgan fingerprint density at radius 1 is 1.31 bits per heavy atom. The molecule has 146 valence electrons. The van der Waals surface area contributed by atoms with E-state index in [1.54, 1.807) is 19.2 Å². The second-order valence-electron chi connectivity index (χ2n) is 6.41. The molecule has 1 aromatic carbocycles. The number of piperidine rings is 1. The van der Waals surface area contributed by atoms with Crippen molar-refractivity contribution >= 4 is 5.96 Å². The van der Waals surface area contributed by atoms with Gasteiger partial charge in [-0.15, -0.1) is 0 Å². The number of hydrogen-bond donors (Lipinski definition) is 2. The molecule has 1 saturated heterocycles. The van der Waals surface area contributed by atoms with Crippen LogP contribution in [0.25, 0.3) is 0 Å². The third kappa shape index (κ3) is 6.33. The molecule has 0 spiro atoms. The monoisotopic (exact) mass is 370 g/mol. The van der Waals surface area contributed by atoms with E-state index in [0.717, 1.165) is 32.5 Å². The highest BCUT2D eigenvalue weighted by molar-refractivity contribution is 5.79. The van der Waals surface area contributed by atoms with Crippen LogP contribution in [0.1, 0.15) is 18.4 Å². The lowest BCUT2D eigenvalue weighted by Gasteiger charge is -2.29. The van der Waals surface area contributed by atoms with Crippen molar-refractivity contribution in [3.8, 4) is 11.5 Å². The van der Waals surface area contributed by atoms with Crippen LogP contribution < -0.4 is 20.1 Å². The van der Waals surface area contributed by atoms with E-state index >= 15 is 0 Å². The standard InChI is InChI=1S/C18H28F2N4O2/c1-21-18(22-11-13-6-8-24(2)9-7-13)23-12-14-10-15(25-3)4-5-16(14)26-17(19)20/h4-5,10,13,17H,6-9,11-12H2,1-3H3,(H2,21,22,23). The first-order chi connectivity index (χ1) is 12.5. The van der Waals surface area contributed by atoms with Gasteiger partial charge in [-0.3, -0.25) is 4.99 Å². The third-order valence-electron chi connectivity index (χ3n) is 4.55. The minimum Gasteiger partial charge on any atom is -0.497 e. The highest BCUT2D eigenvalue weighted by Gasteiger charge is 2.17. The molecule has 0 unspecified atom stereocenters. The van der Waals surface area contributed by atoms with Crippen molar-refractivity contribution in [2.75, 3.05) is 40.8 Å². The van der Waals surface area contributed by atoms with Gasteiger partial charge in [0.15, 0.2) is 5.96 Å². The van der Waals surface area contributed by atoms with Gasteiger partial charge in [-0.2, -0.15) is 8.78 Å². The highest BCUT2D eigenvalue weighted by Crippen LogP contribution is 2.25. The molecule has 0 radical (unpaired) electrons. The van der Waals surface area contributed by atoms with Crippen LogP contribution in [-0.2, 0) is 6.54 Å². The Hall–Kier alpha value is -2.09. The van der Waals surface area contributed by atoms with Gasteiger partial charge in [-0.1, -0.05) is 0 Å². The largest absolute Gasteiger partial charge is 0.497 e. The molecule has 1 fully saturated rings. The van der Waals surface area contributed by atoms with Crippen molar-refractivity contribution in [3.63, 3.8) is 0 Å². The van der Waals surface area contributed by atoms with E-state index in [9.17, 15) is 8.78 Å². The summed E-state index contributed by atoms with van der Waals surface area (Å²) in [5.41, 5.74) is 0.576. The number of hydrogen-bond acceptors (Lipinski definition) is 4. The van der Waals surface area contributed by atoms with Gasteiger partial charge in [-0.25, -0.2) is 0 Å². The van der Waals surface area contributed by atoms with Gasteiger partial charge in [0.05, 0.1) is 7.11 Å². The summed E-state index contributed by atoms with van der Waals surface area (Å²) in [5, 5.41) is 6.46. The summed E-state index contributed by atoms with van der Waals surface area (Å²) < 4.78 is 34.9. The number of methoxy groups -OCH3 is 1.